The van der Waals surface area contributed by atoms with Gasteiger partial charge < -0.3 is 14.2 Å². The molecule has 0 aromatic carbocycles. The van der Waals surface area contributed by atoms with Crippen molar-refractivity contribution >= 4 is 5.91 Å². The van der Waals surface area contributed by atoms with Gasteiger partial charge in [-0.05, 0) is 26.8 Å². The Hall–Kier alpha value is -2.15. The lowest BCUT2D eigenvalue weighted by molar-refractivity contribution is 0.0295. The van der Waals surface area contributed by atoms with Gasteiger partial charge in [-0.3, -0.25) is 9.48 Å². The van der Waals surface area contributed by atoms with Gasteiger partial charge in [0.25, 0.3) is 5.91 Å². The third-order valence-corrected chi connectivity index (χ3v) is 3.90. The molecule has 0 unspecified atom stereocenters. The maximum Gasteiger partial charge on any atom is 0.276 e. The Morgan fingerprint density at radius 3 is 2.64 bits per heavy atom. The molecule has 0 aliphatic carbocycles. The van der Waals surface area contributed by atoms with Crippen molar-refractivity contribution in [2.45, 2.75) is 27.3 Å². The van der Waals surface area contributed by atoms with Crippen molar-refractivity contribution in [1.29, 1.82) is 0 Å². The van der Waals surface area contributed by atoms with E-state index in [0.29, 0.717) is 44.3 Å². The van der Waals surface area contributed by atoms with E-state index in [2.05, 4.69) is 10.3 Å². The SMILES string of the molecule is Cc1cc(C)n(Cc2c(C(=O)N3CCOCC3)noc2C)n1. The Morgan fingerprint density at radius 2 is 2.00 bits per heavy atom. The number of aromatic nitrogens is 3. The molecule has 1 aliphatic heterocycles. The number of ether oxygens (including phenoxy) is 1. The number of morpholine rings is 1. The largest absolute Gasteiger partial charge is 0.378 e. The van der Waals surface area contributed by atoms with Crippen LogP contribution in [0, 0.1) is 20.8 Å². The highest BCUT2D eigenvalue weighted by molar-refractivity contribution is 5.93. The van der Waals surface area contributed by atoms with E-state index < -0.39 is 0 Å². The lowest BCUT2D eigenvalue weighted by atomic mass is 10.1. The average Bonchev–Trinajstić information content (AvgIpc) is 3.03. The Balaban J connectivity index is 1.87. The van der Waals surface area contributed by atoms with Crippen LogP contribution < -0.4 is 0 Å². The van der Waals surface area contributed by atoms with E-state index >= 15 is 0 Å². The second-order valence-corrected chi connectivity index (χ2v) is 5.56. The summed E-state index contributed by atoms with van der Waals surface area (Å²) in [6.07, 6.45) is 0. The highest BCUT2D eigenvalue weighted by Gasteiger charge is 2.26. The first kappa shape index (κ1) is 14.8. The van der Waals surface area contributed by atoms with Gasteiger partial charge in [-0.1, -0.05) is 5.16 Å². The summed E-state index contributed by atoms with van der Waals surface area (Å²) < 4.78 is 12.4. The highest BCUT2D eigenvalue weighted by Crippen LogP contribution is 2.18. The summed E-state index contributed by atoms with van der Waals surface area (Å²) in [5.41, 5.74) is 3.17. The maximum absolute atomic E-state index is 12.6. The molecule has 1 aliphatic rings. The molecule has 1 saturated heterocycles. The first-order valence-corrected chi connectivity index (χ1v) is 7.39. The number of hydrogen-bond acceptors (Lipinski definition) is 5. The predicted octanol–water partition coefficient (Wildman–Crippen LogP) is 1.32. The van der Waals surface area contributed by atoms with Crippen LogP contribution in [0.2, 0.25) is 0 Å². The van der Waals surface area contributed by atoms with Crippen molar-refractivity contribution < 1.29 is 14.1 Å². The zero-order chi connectivity index (χ0) is 15.7. The molecule has 118 valence electrons. The quantitative estimate of drug-likeness (QED) is 0.855. The van der Waals surface area contributed by atoms with Crippen LogP contribution in [0.15, 0.2) is 10.6 Å². The molecule has 7 heteroatoms. The molecule has 0 spiro atoms. The van der Waals surface area contributed by atoms with E-state index in [1.54, 1.807) is 4.90 Å². The monoisotopic (exact) mass is 304 g/mol. The zero-order valence-corrected chi connectivity index (χ0v) is 13.1. The first-order valence-electron chi connectivity index (χ1n) is 7.39. The second-order valence-electron chi connectivity index (χ2n) is 5.56. The molecule has 1 fully saturated rings. The fraction of sp³-hybridized carbons (Fsp3) is 0.533. The van der Waals surface area contributed by atoms with Crippen molar-refractivity contribution in [1.82, 2.24) is 19.8 Å². The molecule has 0 bridgehead atoms. The highest BCUT2D eigenvalue weighted by atomic mass is 16.5. The standard InChI is InChI=1S/C15H20N4O3/c1-10-8-11(2)19(16-10)9-13-12(3)22-17-14(13)15(20)18-4-6-21-7-5-18/h8H,4-7,9H2,1-3H3. The van der Waals surface area contributed by atoms with Crippen LogP contribution in [0.1, 0.15) is 33.2 Å². The van der Waals surface area contributed by atoms with Gasteiger partial charge in [-0.25, -0.2) is 0 Å². The third kappa shape index (κ3) is 2.76. The van der Waals surface area contributed by atoms with Gasteiger partial charge in [-0.15, -0.1) is 0 Å². The van der Waals surface area contributed by atoms with Crippen LogP contribution >= 0.6 is 0 Å². The Kier molecular flexibility index (Phi) is 3.98. The number of nitrogens with zero attached hydrogens (tertiary/aromatic N) is 4. The number of carbonyl (C=O) groups excluding carboxylic acids is 1. The molecular weight excluding hydrogens is 284 g/mol. The van der Waals surface area contributed by atoms with E-state index in [0.717, 1.165) is 17.0 Å². The Morgan fingerprint density at radius 1 is 1.27 bits per heavy atom. The van der Waals surface area contributed by atoms with Crippen LogP contribution in [0.5, 0.6) is 0 Å². The maximum atomic E-state index is 12.6. The van der Waals surface area contributed by atoms with Crippen LogP contribution in [0.4, 0.5) is 0 Å². The number of rotatable bonds is 3. The number of amides is 1. The molecule has 0 radical (unpaired) electrons. The summed E-state index contributed by atoms with van der Waals surface area (Å²) >= 11 is 0. The van der Waals surface area contributed by atoms with Crippen molar-refractivity contribution in [2.24, 2.45) is 0 Å². The summed E-state index contributed by atoms with van der Waals surface area (Å²) in [5.74, 6) is 0.556. The number of carbonyl (C=O) groups is 1. The summed E-state index contributed by atoms with van der Waals surface area (Å²) in [5, 5.41) is 8.42. The molecule has 3 heterocycles. The van der Waals surface area contributed by atoms with Crippen molar-refractivity contribution in [3.8, 4) is 0 Å². The lowest BCUT2D eigenvalue weighted by Gasteiger charge is -2.26. The van der Waals surface area contributed by atoms with Gasteiger partial charge in [0.15, 0.2) is 5.69 Å². The van der Waals surface area contributed by atoms with Gasteiger partial charge in [0, 0.05) is 24.3 Å². The van der Waals surface area contributed by atoms with Crippen molar-refractivity contribution in [2.75, 3.05) is 26.3 Å². The van der Waals surface area contributed by atoms with Crippen molar-refractivity contribution in [3.05, 3.63) is 34.5 Å². The van der Waals surface area contributed by atoms with Crippen LogP contribution in [-0.4, -0.2) is 52.0 Å². The second kappa shape index (κ2) is 5.92. The summed E-state index contributed by atoms with van der Waals surface area (Å²) in [6, 6.07) is 2.01. The summed E-state index contributed by atoms with van der Waals surface area (Å²) in [4.78, 5) is 14.4. The Labute approximate surface area is 128 Å². The van der Waals surface area contributed by atoms with Crippen molar-refractivity contribution in [3.63, 3.8) is 0 Å². The number of hydrogen-bond donors (Lipinski definition) is 0. The minimum atomic E-state index is -0.100. The number of aryl methyl sites for hydroxylation is 3. The fourth-order valence-electron chi connectivity index (χ4n) is 2.65. The fourth-order valence-corrected chi connectivity index (χ4v) is 2.65. The average molecular weight is 304 g/mol. The third-order valence-electron chi connectivity index (χ3n) is 3.90. The van der Waals surface area contributed by atoms with Gasteiger partial charge in [0.1, 0.15) is 5.76 Å². The molecule has 0 saturated carbocycles. The van der Waals surface area contributed by atoms with Gasteiger partial charge in [0.05, 0.1) is 25.5 Å². The molecule has 3 rings (SSSR count). The van der Waals surface area contributed by atoms with E-state index in [-0.39, 0.29) is 5.91 Å². The van der Waals surface area contributed by atoms with E-state index in [4.69, 9.17) is 9.26 Å². The molecule has 22 heavy (non-hydrogen) atoms. The van der Waals surface area contributed by atoms with Crippen LogP contribution in [0.25, 0.3) is 0 Å². The van der Waals surface area contributed by atoms with Gasteiger partial charge >= 0.3 is 0 Å². The first-order chi connectivity index (χ1) is 10.6. The molecule has 2 aromatic heterocycles. The normalized spacial score (nSPS) is 15.3. The van der Waals surface area contributed by atoms with E-state index in [1.807, 2.05) is 31.5 Å². The predicted molar refractivity (Wildman–Crippen MR) is 78.8 cm³/mol. The molecule has 0 N–H and O–H groups in total. The van der Waals surface area contributed by atoms with E-state index in [1.165, 1.54) is 0 Å². The molecule has 2 aromatic rings. The van der Waals surface area contributed by atoms with Crippen LogP contribution in [-0.2, 0) is 11.3 Å². The summed E-state index contributed by atoms with van der Waals surface area (Å²) in [6.45, 7) is 8.56. The smallest absolute Gasteiger partial charge is 0.276 e. The van der Waals surface area contributed by atoms with Crippen LogP contribution in [0.3, 0.4) is 0 Å². The zero-order valence-electron chi connectivity index (χ0n) is 13.1. The van der Waals surface area contributed by atoms with Gasteiger partial charge in [0.2, 0.25) is 0 Å². The Bertz CT molecular complexity index is 683. The lowest BCUT2D eigenvalue weighted by Crippen LogP contribution is -2.41. The molecule has 7 nitrogen and oxygen atoms in total. The van der Waals surface area contributed by atoms with Gasteiger partial charge in [-0.2, -0.15) is 5.10 Å². The minimum Gasteiger partial charge on any atom is -0.378 e. The topological polar surface area (TPSA) is 73.4 Å². The molecule has 1 amide bonds. The summed E-state index contributed by atoms with van der Waals surface area (Å²) in [7, 11) is 0. The van der Waals surface area contributed by atoms with E-state index in [9.17, 15) is 4.79 Å². The minimum absolute atomic E-state index is 0.100. The molecular formula is C15H20N4O3. The molecule has 0 atom stereocenters.